The van der Waals surface area contributed by atoms with E-state index in [-0.39, 0.29) is 17.9 Å². The molecule has 6 nitrogen and oxygen atoms in total. The van der Waals surface area contributed by atoms with Crippen LogP contribution in [0.1, 0.15) is 16.3 Å². The van der Waals surface area contributed by atoms with Gasteiger partial charge in [0.2, 0.25) is 0 Å². The van der Waals surface area contributed by atoms with E-state index in [4.69, 9.17) is 10.8 Å². The third-order valence-corrected chi connectivity index (χ3v) is 1.70. The van der Waals surface area contributed by atoms with Crippen LogP contribution in [0.25, 0.3) is 0 Å². The number of aromatic nitrogens is 2. The largest absolute Gasteiger partial charge is 0.476 e. The van der Waals surface area contributed by atoms with Crippen LogP contribution >= 0.6 is 0 Å². The number of rotatable bonds is 3. The summed E-state index contributed by atoms with van der Waals surface area (Å²) in [7, 11) is 1.56. The van der Waals surface area contributed by atoms with Crippen LogP contribution in [-0.2, 0) is 18.3 Å². The zero-order valence-corrected chi connectivity index (χ0v) is 7.02. The maximum atomic E-state index is 10.5. The highest BCUT2D eigenvalue weighted by atomic mass is 16.4. The minimum absolute atomic E-state index is 0.0596. The van der Waals surface area contributed by atoms with Gasteiger partial charge in [0.25, 0.3) is 0 Å². The first-order valence-corrected chi connectivity index (χ1v) is 3.56. The van der Waals surface area contributed by atoms with Crippen molar-refractivity contribution in [1.82, 2.24) is 9.55 Å². The molecule has 0 unspecified atom stereocenters. The lowest BCUT2D eigenvalue weighted by Gasteiger charge is -1.97. The number of aromatic carboxylic acids is 1. The molecule has 0 amide bonds. The van der Waals surface area contributed by atoms with Gasteiger partial charge in [-0.3, -0.25) is 0 Å². The average Bonchev–Trinajstić information content (AvgIpc) is 2.33. The van der Waals surface area contributed by atoms with E-state index < -0.39 is 5.97 Å². The van der Waals surface area contributed by atoms with Crippen molar-refractivity contribution in [2.75, 3.05) is 5.73 Å². The van der Waals surface area contributed by atoms with Gasteiger partial charge >= 0.3 is 5.97 Å². The van der Waals surface area contributed by atoms with Crippen LogP contribution in [0.3, 0.4) is 0 Å². The molecule has 1 heterocycles. The van der Waals surface area contributed by atoms with E-state index in [1.54, 1.807) is 7.05 Å². The monoisotopic (exact) mass is 183 g/mol. The molecule has 6 heteroatoms. The third-order valence-electron chi connectivity index (χ3n) is 1.70. The summed E-state index contributed by atoms with van der Waals surface area (Å²) in [5.41, 5.74) is 5.23. The number of carboxylic acid groups (broad SMARTS) is 1. The highest BCUT2D eigenvalue weighted by Gasteiger charge is 2.16. The van der Waals surface area contributed by atoms with E-state index in [0.717, 1.165) is 0 Å². The highest BCUT2D eigenvalue weighted by Crippen LogP contribution is 2.12. The molecule has 1 aromatic heterocycles. The van der Waals surface area contributed by atoms with Gasteiger partial charge in [0, 0.05) is 7.05 Å². The van der Waals surface area contributed by atoms with Crippen molar-refractivity contribution in [3.05, 3.63) is 11.5 Å². The number of carboxylic acids is 1. The number of carbonyl (C=O) groups excluding carboxylic acids is 1. The van der Waals surface area contributed by atoms with Crippen LogP contribution in [-0.4, -0.2) is 26.9 Å². The molecule has 0 saturated heterocycles. The Balaban J connectivity index is 3.19. The molecule has 0 bridgehead atoms. The number of nitrogens with two attached hydrogens (primary N) is 1. The van der Waals surface area contributed by atoms with E-state index in [9.17, 15) is 9.59 Å². The molecule has 0 aliphatic rings. The van der Waals surface area contributed by atoms with Gasteiger partial charge < -0.3 is 20.2 Å². The molecule has 1 aromatic rings. The Bertz CT molecular complexity index is 356. The predicted octanol–water partition coefficient (Wildman–Crippen LogP) is -0.558. The van der Waals surface area contributed by atoms with Gasteiger partial charge in [-0.15, -0.1) is 0 Å². The fraction of sp³-hybridized carbons (Fsp3) is 0.286. The number of imidazole rings is 1. The first-order valence-electron chi connectivity index (χ1n) is 3.56. The summed E-state index contributed by atoms with van der Waals surface area (Å²) in [6, 6.07) is 0. The van der Waals surface area contributed by atoms with Gasteiger partial charge in [-0.05, 0) is 0 Å². The van der Waals surface area contributed by atoms with E-state index in [1.165, 1.54) is 4.57 Å². The summed E-state index contributed by atoms with van der Waals surface area (Å²) in [4.78, 5) is 24.4. The molecular formula is C7H9N3O3. The molecule has 0 atom stereocenters. The third kappa shape index (κ3) is 1.51. The maximum Gasteiger partial charge on any atom is 0.358 e. The molecule has 13 heavy (non-hydrogen) atoms. The van der Waals surface area contributed by atoms with Crippen molar-refractivity contribution < 1.29 is 14.7 Å². The van der Waals surface area contributed by atoms with Crippen molar-refractivity contribution in [3.63, 3.8) is 0 Å². The maximum absolute atomic E-state index is 10.5. The van der Waals surface area contributed by atoms with Crippen molar-refractivity contribution in [2.45, 2.75) is 6.42 Å². The molecule has 0 aliphatic carbocycles. The molecule has 0 saturated carbocycles. The number of nitrogen functional groups attached to an aromatic ring is 1. The molecule has 1 rings (SSSR count). The lowest BCUT2D eigenvalue weighted by Crippen LogP contribution is -2.04. The fourth-order valence-corrected chi connectivity index (χ4v) is 0.974. The summed E-state index contributed by atoms with van der Waals surface area (Å²) in [6.07, 6.45) is 0.710. The van der Waals surface area contributed by atoms with Crippen LogP contribution in [0, 0.1) is 0 Å². The Morgan fingerprint density at radius 1 is 1.77 bits per heavy atom. The molecule has 0 radical (unpaired) electrons. The average molecular weight is 183 g/mol. The number of carbonyl (C=O) groups is 2. The highest BCUT2D eigenvalue weighted by molar-refractivity contribution is 5.90. The van der Waals surface area contributed by atoms with Gasteiger partial charge in [-0.1, -0.05) is 0 Å². The minimum Gasteiger partial charge on any atom is -0.476 e. The first kappa shape index (κ1) is 9.24. The van der Waals surface area contributed by atoms with Gasteiger partial charge in [0.05, 0.1) is 6.42 Å². The Kier molecular flexibility index (Phi) is 2.32. The zero-order chi connectivity index (χ0) is 10.0. The first-order chi connectivity index (χ1) is 6.07. The molecule has 70 valence electrons. The van der Waals surface area contributed by atoms with E-state index in [0.29, 0.717) is 12.1 Å². The molecule has 3 N–H and O–H groups in total. The number of hydrogen-bond acceptors (Lipinski definition) is 4. The summed E-state index contributed by atoms with van der Waals surface area (Å²) < 4.78 is 1.39. The second kappa shape index (κ2) is 3.26. The standard InChI is InChI=1S/C7H9N3O3/c1-10-4(2-3-11)9-5(6(10)8)7(12)13/h3H,2,8H2,1H3,(H,12,13). The minimum atomic E-state index is -1.19. The van der Waals surface area contributed by atoms with E-state index in [2.05, 4.69) is 4.98 Å². The van der Waals surface area contributed by atoms with Gasteiger partial charge in [0.15, 0.2) is 5.69 Å². The molecule has 0 spiro atoms. The lowest BCUT2D eigenvalue weighted by molar-refractivity contribution is -0.107. The number of nitrogens with zero attached hydrogens (tertiary/aromatic N) is 2. The van der Waals surface area contributed by atoms with E-state index >= 15 is 0 Å². The lowest BCUT2D eigenvalue weighted by atomic mass is 10.4. The van der Waals surface area contributed by atoms with Crippen LogP contribution in [0.5, 0.6) is 0 Å². The Labute approximate surface area is 74.0 Å². The van der Waals surface area contributed by atoms with Crippen molar-refractivity contribution in [1.29, 1.82) is 0 Å². The van der Waals surface area contributed by atoms with Crippen molar-refractivity contribution >= 4 is 18.1 Å². The molecular weight excluding hydrogens is 174 g/mol. The predicted molar refractivity (Wildman–Crippen MR) is 44.3 cm³/mol. The topological polar surface area (TPSA) is 98.2 Å². The molecule has 0 fully saturated rings. The van der Waals surface area contributed by atoms with Gasteiger partial charge in [-0.2, -0.15) is 0 Å². The Hall–Kier alpha value is -1.85. The second-order valence-electron chi connectivity index (χ2n) is 2.50. The smallest absolute Gasteiger partial charge is 0.358 e. The van der Waals surface area contributed by atoms with Gasteiger partial charge in [-0.25, -0.2) is 9.78 Å². The number of aldehydes is 1. The fourth-order valence-electron chi connectivity index (χ4n) is 0.974. The summed E-state index contributed by atoms with van der Waals surface area (Å²) in [5, 5.41) is 8.63. The van der Waals surface area contributed by atoms with Crippen LogP contribution in [0.15, 0.2) is 0 Å². The quantitative estimate of drug-likeness (QED) is 0.612. The SMILES string of the molecule is Cn1c(CC=O)nc(C(=O)O)c1N. The Morgan fingerprint density at radius 3 is 2.77 bits per heavy atom. The normalized spacial score (nSPS) is 9.92. The zero-order valence-electron chi connectivity index (χ0n) is 7.02. The number of anilines is 1. The summed E-state index contributed by atoms with van der Waals surface area (Å²) in [6.45, 7) is 0. The van der Waals surface area contributed by atoms with Crippen LogP contribution in [0.2, 0.25) is 0 Å². The second-order valence-corrected chi connectivity index (χ2v) is 2.50. The van der Waals surface area contributed by atoms with E-state index in [1.807, 2.05) is 0 Å². The molecule has 0 aliphatic heterocycles. The van der Waals surface area contributed by atoms with Crippen LogP contribution in [0.4, 0.5) is 5.82 Å². The summed E-state index contributed by atoms with van der Waals surface area (Å²) in [5.74, 6) is -0.778. The van der Waals surface area contributed by atoms with Crippen molar-refractivity contribution in [2.24, 2.45) is 7.05 Å². The van der Waals surface area contributed by atoms with Crippen LogP contribution < -0.4 is 5.73 Å². The summed E-state index contributed by atoms with van der Waals surface area (Å²) >= 11 is 0. The van der Waals surface area contributed by atoms with Gasteiger partial charge in [0.1, 0.15) is 17.9 Å². The molecule has 0 aromatic carbocycles. The van der Waals surface area contributed by atoms with Crippen molar-refractivity contribution in [3.8, 4) is 0 Å². The number of hydrogen-bond donors (Lipinski definition) is 2. The Morgan fingerprint density at radius 2 is 2.38 bits per heavy atom.